The lowest BCUT2D eigenvalue weighted by molar-refractivity contribution is -0.148. The Hall–Kier alpha value is -1.88. The van der Waals surface area contributed by atoms with Crippen LogP contribution < -0.4 is 0 Å². The minimum absolute atomic E-state index is 0.0411. The lowest BCUT2D eigenvalue weighted by Crippen LogP contribution is -2.56. The van der Waals surface area contributed by atoms with E-state index in [4.69, 9.17) is 0 Å². The summed E-state index contributed by atoms with van der Waals surface area (Å²) in [5.41, 5.74) is 2.24. The molecule has 1 saturated heterocycles. The highest BCUT2D eigenvalue weighted by Crippen LogP contribution is 2.26. The normalized spacial score (nSPS) is 27.5. The predicted molar refractivity (Wildman–Crippen MR) is 86.5 cm³/mol. The number of hydrogen-bond acceptors (Lipinski definition) is 3. The first kappa shape index (κ1) is 16.0. The monoisotopic (exact) mass is 316 g/mol. The van der Waals surface area contributed by atoms with Crippen LogP contribution >= 0.6 is 0 Å². The molecule has 5 heteroatoms. The minimum Gasteiger partial charge on any atom is -0.391 e. The van der Waals surface area contributed by atoms with E-state index in [1.165, 1.54) is 6.92 Å². The van der Waals surface area contributed by atoms with Crippen molar-refractivity contribution in [2.75, 3.05) is 13.1 Å². The van der Waals surface area contributed by atoms with Gasteiger partial charge in [0.05, 0.1) is 6.10 Å². The first-order valence-electron chi connectivity index (χ1n) is 8.28. The van der Waals surface area contributed by atoms with Crippen molar-refractivity contribution < 1.29 is 14.7 Å². The fraction of sp³-hybridized carbons (Fsp3) is 0.556. The molecular formula is C18H24N2O3. The third-order valence-corrected chi connectivity index (χ3v) is 5.17. The number of carbonyl (C=O) groups excluding carboxylic acids is 2. The zero-order valence-electron chi connectivity index (χ0n) is 13.7. The standard InChI is InChI=1S/C18H24N2O3/c1-12-7-8-19(11-17(12)22)18(23)16-9-14-5-3-4-6-15(14)10-20(16)13(2)21/h3-6,12,16-17,22H,7-11H2,1-2H3. The average Bonchev–Trinajstić information content (AvgIpc) is 2.55. The van der Waals surface area contributed by atoms with Crippen LogP contribution in [0.1, 0.15) is 31.4 Å². The van der Waals surface area contributed by atoms with Crippen LogP contribution in [0.3, 0.4) is 0 Å². The van der Waals surface area contributed by atoms with E-state index in [0.29, 0.717) is 26.1 Å². The molecule has 0 radical (unpaired) electrons. The van der Waals surface area contributed by atoms with E-state index in [-0.39, 0.29) is 17.7 Å². The van der Waals surface area contributed by atoms with Gasteiger partial charge in [-0.05, 0) is 23.5 Å². The summed E-state index contributed by atoms with van der Waals surface area (Å²) in [7, 11) is 0. The van der Waals surface area contributed by atoms with Gasteiger partial charge in [0.25, 0.3) is 0 Å². The molecule has 2 aliphatic heterocycles. The van der Waals surface area contributed by atoms with Gasteiger partial charge in [-0.3, -0.25) is 9.59 Å². The molecule has 1 aromatic carbocycles. The van der Waals surface area contributed by atoms with Crippen molar-refractivity contribution >= 4 is 11.8 Å². The first-order valence-corrected chi connectivity index (χ1v) is 8.28. The smallest absolute Gasteiger partial charge is 0.245 e. The molecule has 5 nitrogen and oxygen atoms in total. The topological polar surface area (TPSA) is 60.9 Å². The summed E-state index contributed by atoms with van der Waals surface area (Å²) in [4.78, 5) is 28.4. The quantitative estimate of drug-likeness (QED) is 0.846. The van der Waals surface area contributed by atoms with Gasteiger partial charge in [0.2, 0.25) is 11.8 Å². The molecule has 0 bridgehead atoms. The molecule has 3 rings (SSSR count). The number of aliphatic hydroxyl groups is 1. The molecular weight excluding hydrogens is 292 g/mol. The maximum atomic E-state index is 13.0. The first-order chi connectivity index (χ1) is 11.0. The van der Waals surface area contributed by atoms with E-state index in [2.05, 4.69) is 0 Å². The molecule has 0 aromatic heterocycles. The minimum atomic E-state index is -0.477. The number of amides is 2. The average molecular weight is 316 g/mol. The molecule has 2 aliphatic rings. The summed E-state index contributed by atoms with van der Waals surface area (Å²) < 4.78 is 0. The van der Waals surface area contributed by atoms with Gasteiger partial charge in [0.15, 0.2) is 0 Å². The number of β-amino-alcohol motifs (C(OH)–C–C–N with tert-alkyl or cyclic N) is 1. The molecule has 2 amide bonds. The molecule has 2 heterocycles. The van der Waals surface area contributed by atoms with Crippen LogP contribution in [-0.2, 0) is 22.6 Å². The summed E-state index contributed by atoms with van der Waals surface area (Å²) in [5, 5.41) is 10.1. The summed E-state index contributed by atoms with van der Waals surface area (Å²) in [6.07, 6.45) is 0.877. The van der Waals surface area contributed by atoms with Crippen LogP contribution in [0, 0.1) is 5.92 Å². The van der Waals surface area contributed by atoms with Crippen LogP contribution in [0.15, 0.2) is 24.3 Å². The molecule has 3 atom stereocenters. The molecule has 1 aromatic rings. The predicted octanol–water partition coefficient (Wildman–Crippen LogP) is 1.19. The van der Waals surface area contributed by atoms with Crippen molar-refractivity contribution in [3.8, 4) is 0 Å². The van der Waals surface area contributed by atoms with Crippen LogP contribution in [0.5, 0.6) is 0 Å². The van der Waals surface area contributed by atoms with E-state index < -0.39 is 12.1 Å². The number of fused-ring (bicyclic) bond motifs is 1. The number of benzene rings is 1. The zero-order chi connectivity index (χ0) is 16.6. The highest BCUT2D eigenvalue weighted by molar-refractivity contribution is 5.88. The third kappa shape index (κ3) is 3.11. The van der Waals surface area contributed by atoms with Gasteiger partial charge in [0, 0.05) is 33.0 Å². The summed E-state index contributed by atoms with van der Waals surface area (Å²) in [6, 6.07) is 7.51. The van der Waals surface area contributed by atoms with Crippen molar-refractivity contribution in [1.82, 2.24) is 9.80 Å². The second-order valence-electron chi connectivity index (χ2n) is 6.75. The van der Waals surface area contributed by atoms with Gasteiger partial charge >= 0.3 is 0 Å². The molecule has 0 aliphatic carbocycles. The van der Waals surface area contributed by atoms with Crippen LogP contribution in [0.2, 0.25) is 0 Å². The Bertz CT molecular complexity index is 616. The van der Waals surface area contributed by atoms with Gasteiger partial charge < -0.3 is 14.9 Å². The maximum absolute atomic E-state index is 13.0. The third-order valence-electron chi connectivity index (χ3n) is 5.17. The molecule has 1 N–H and O–H groups in total. The van der Waals surface area contributed by atoms with E-state index in [9.17, 15) is 14.7 Å². The van der Waals surface area contributed by atoms with Crippen LogP contribution in [0.4, 0.5) is 0 Å². The number of hydrogen-bond donors (Lipinski definition) is 1. The second kappa shape index (κ2) is 6.32. The van der Waals surface area contributed by atoms with Crippen molar-refractivity contribution in [3.63, 3.8) is 0 Å². The van der Waals surface area contributed by atoms with E-state index >= 15 is 0 Å². The van der Waals surface area contributed by atoms with Gasteiger partial charge in [-0.15, -0.1) is 0 Å². The van der Waals surface area contributed by atoms with E-state index in [0.717, 1.165) is 17.5 Å². The fourth-order valence-electron chi connectivity index (χ4n) is 3.53. The maximum Gasteiger partial charge on any atom is 0.245 e. The zero-order valence-corrected chi connectivity index (χ0v) is 13.7. The largest absolute Gasteiger partial charge is 0.391 e. The molecule has 0 spiro atoms. The molecule has 124 valence electrons. The van der Waals surface area contributed by atoms with Crippen molar-refractivity contribution in [1.29, 1.82) is 0 Å². The van der Waals surface area contributed by atoms with Crippen molar-refractivity contribution in [3.05, 3.63) is 35.4 Å². The number of piperidine rings is 1. The Labute approximate surface area is 136 Å². The Kier molecular flexibility index (Phi) is 4.39. The lowest BCUT2D eigenvalue weighted by Gasteiger charge is -2.41. The highest BCUT2D eigenvalue weighted by Gasteiger charge is 2.37. The van der Waals surface area contributed by atoms with Gasteiger partial charge in [-0.2, -0.15) is 0 Å². The fourth-order valence-corrected chi connectivity index (χ4v) is 3.53. The number of carbonyl (C=O) groups is 2. The Balaban J connectivity index is 1.82. The summed E-state index contributed by atoms with van der Waals surface area (Å²) in [5.74, 6) is 0.0967. The SMILES string of the molecule is CC(=O)N1Cc2ccccc2CC1C(=O)N1CCC(C)C(O)C1. The van der Waals surface area contributed by atoms with Crippen molar-refractivity contribution in [2.45, 2.75) is 45.4 Å². The number of nitrogens with zero attached hydrogens (tertiary/aromatic N) is 2. The number of likely N-dealkylation sites (tertiary alicyclic amines) is 1. The Morgan fingerprint density at radius 3 is 2.57 bits per heavy atom. The van der Waals surface area contributed by atoms with E-state index in [1.54, 1.807) is 9.80 Å². The molecule has 3 unspecified atom stereocenters. The molecule has 1 fully saturated rings. The van der Waals surface area contributed by atoms with E-state index in [1.807, 2.05) is 31.2 Å². The van der Waals surface area contributed by atoms with Crippen LogP contribution in [-0.4, -0.2) is 52.0 Å². The molecule has 0 saturated carbocycles. The number of aliphatic hydroxyl groups excluding tert-OH is 1. The number of rotatable bonds is 1. The van der Waals surface area contributed by atoms with Gasteiger partial charge in [-0.1, -0.05) is 31.2 Å². The van der Waals surface area contributed by atoms with Gasteiger partial charge in [-0.25, -0.2) is 0 Å². The second-order valence-corrected chi connectivity index (χ2v) is 6.75. The summed E-state index contributed by atoms with van der Waals surface area (Å²) in [6.45, 7) is 5.02. The van der Waals surface area contributed by atoms with Crippen molar-refractivity contribution in [2.24, 2.45) is 5.92 Å². The Morgan fingerprint density at radius 1 is 1.22 bits per heavy atom. The summed E-state index contributed by atoms with van der Waals surface area (Å²) >= 11 is 0. The Morgan fingerprint density at radius 2 is 1.91 bits per heavy atom. The van der Waals surface area contributed by atoms with Crippen LogP contribution in [0.25, 0.3) is 0 Å². The lowest BCUT2D eigenvalue weighted by atomic mass is 9.91. The van der Waals surface area contributed by atoms with Gasteiger partial charge in [0.1, 0.15) is 6.04 Å². The highest BCUT2D eigenvalue weighted by atomic mass is 16.3. The molecule has 23 heavy (non-hydrogen) atoms.